The highest BCUT2D eigenvalue weighted by atomic mass is 32.1. The summed E-state index contributed by atoms with van der Waals surface area (Å²) in [6.45, 7) is 0.311. The van der Waals surface area contributed by atoms with E-state index in [1.807, 2.05) is 30.6 Å². The first-order valence-electron chi connectivity index (χ1n) is 7.07. The summed E-state index contributed by atoms with van der Waals surface area (Å²) in [5, 5.41) is 9.22. The molecule has 3 rings (SSSR count). The van der Waals surface area contributed by atoms with Crippen molar-refractivity contribution >= 4 is 17.2 Å². The first kappa shape index (κ1) is 15.2. The van der Waals surface area contributed by atoms with Crippen LogP contribution < -0.4 is 10.9 Å². The molecule has 3 heterocycles. The number of carbonyl (C=O) groups excluding carboxylic acids is 1. The molecule has 3 aromatic heterocycles. The van der Waals surface area contributed by atoms with Gasteiger partial charge in [-0.05, 0) is 29.6 Å². The first-order chi connectivity index (χ1) is 11.1. The molecule has 6 nitrogen and oxygen atoms in total. The number of amides is 1. The molecule has 0 unspecified atom stereocenters. The van der Waals surface area contributed by atoms with Gasteiger partial charge in [0.2, 0.25) is 0 Å². The molecule has 7 heteroatoms. The minimum atomic E-state index is -0.384. The lowest BCUT2D eigenvalue weighted by atomic mass is 10.2. The highest BCUT2D eigenvalue weighted by Crippen LogP contribution is 2.23. The Hall–Kier alpha value is -2.67. The Bertz CT molecular complexity index is 893. The Morgan fingerprint density at radius 2 is 2.13 bits per heavy atom. The summed E-state index contributed by atoms with van der Waals surface area (Å²) in [4.78, 5) is 25.2. The number of hydrogen-bond donors (Lipinski definition) is 1. The lowest BCUT2D eigenvalue weighted by Gasteiger charge is -2.06. The molecule has 1 N–H and O–H groups in total. The Morgan fingerprint density at radius 3 is 2.87 bits per heavy atom. The van der Waals surface area contributed by atoms with Crippen molar-refractivity contribution in [2.24, 2.45) is 14.1 Å². The van der Waals surface area contributed by atoms with Crippen LogP contribution in [0, 0.1) is 0 Å². The van der Waals surface area contributed by atoms with Crippen LogP contribution in [-0.4, -0.2) is 20.3 Å². The molecule has 118 valence electrons. The molecule has 0 saturated heterocycles. The molecule has 0 saturated carbocycles. The fourth-order valence-corrected chi connectivity index (χ4v) is 2.93. The predicted molar refractivity (Wildman–Crippen MR) is 89.4 cm³/mol. The summed E-state index contributed by atoms with van der Waals surface area (Å²) < 4.78 is 3.12. The van der Waals surface area contributed by atoms with Gasteiger partial charge in [-0.3, -0.25) is 14.3 Å². The van der Waals surface area contributed by atoms with E-state index in [2.05, 4.69) is 10.4 Å². The lowest BCUT2D eigenvalue weighted by molar-refractivity contribution is 0.0948. The van der Waals surface area contributed by atoms with Crippen molar-refractivity contribution in [2.75, 3.05) is 0 Å². The van der Waals surface area contributed by atoms with E-state index in [0.717, 1.165) is 16.3 Å². The molecule has 0 aliphatic carbocycles. The van der Waals surface area contributed by atoms with Gasteiger partial charge in [0.15, 0.2) is 0 Å². The third kappa shape index (κ3) is 3.09. The van der Waals surface area contributed by atoms with E-state index >= 15 is 0 Å². The van der Waals surface area contributed by atoms with Crippen LogP contribution in [0.2, 0.25) is 0 Å². The van der Waals surface area contributed by atoms with E-state index in [1.165, 1.54) is 10.6 Å². The van der Waals surface area contributed by atoms with Crippen LogP contribution in [0.15, 0.2) is 46.7 Å². The maximum absolute atomic E-state index is 12.2. The molecule has 1 amide bonds. The highest BCUT2D eigenvalue weighted by Gasteiger charge is 2.13. The zero-order valence-electron chi connectivity index (χ0n) is 12.8. The average molecular weight is 328 g/mol. The number of carbonyl (C=O) groups is 1. The number of thiophene rings is 1. The van der Waals surface area contributed by atoms with Crippen LogP contribution >= 0.6 is 11.3 Å². The first-order valence-corrected chi connectivity index (χ1v) is 7.95. The predicted octanol–water partition coefficient (Wildman–Crippen LogP) is 1.78. The number of aromatic nitrogens is 3. The van der Waals surface area contributed by atoms with Crippen LogP contribution in [0.4, 0.5) is 0 Å². The molecule has 0 fully saturated rings. The molecular weight excluding hydrogens is 312 g/mol. The Labute approximate surface area is 137 Å². The normalized spacial score (nSPS) is 10.7. The monoisotopic (exact) mass is 328 g/mol. The highest BCUT2D eigenvalue weighted by molar-refractivity contribution is 7.13. The molecular formula is C16H16N4O2S. The molecule has 0 aliphatic rings. The Kier molecular flexibility index (Phi) is 4.12. The van der Waals surface area contributed by atoms with Gasteiger partial charge in [-0.1, -0.05) is 6.07 Å². The quantitative estimate of drug-likeness (QED) is 0.794. The van der Waals surface area contributed by atoms with Gasteiger partial charge in [0.25, 0.3) is 11.5 Å². The van der Waals surface area contributed by atoms with E-state index in [9.17, 15) is 9.59 Å². The third-order valence-corrected chi connectivity index (χ3v) is 4.44. The van der Waals surface area contributed by atoms with Crippen molar-refractivity contribution in [1.82, 2.24) is 19.7 Å². The fourth-order valence-electron chi connectivity index (χ4n) is 2.25. The summed E-state index contributed by atoms with van der Waals surface area (Å²) in [5.41, 5.74) is 1.57. The van der Waals surface area contributed by atoms with E-state index in [1.54, 1.807) is 35.3 Å². The van der Waals surface area contributed by atoms with E-state index in [-0.39, 0.29) is 17.0 Å². The maximum Gasteiger partial charge on any atom is 0.263 e. The molecule has 23 heavy (non-hydrogen) atoms. The average Bonchev–Trinajstić information content (AvgIpc) is 3.17. The third-order valence-electron chi connectivity index (χ3n) is 3.55. The molecule has 0 bridgehead atoms. The lowest BCUT2D eigenvalue weighted by Crippen LogP contribution is -2.31. The fraction of sp³-hybridized carbons (Fsp3) is 0.188. The van der Waals surface area contributed by atoms with Gasteiger partial charge in [-0.25, -0.2) is 0 Å². The molecule has 0 radical (unpaired) electrons. The summed E-state index contributed by atoms with van der Waals surface area (Å²) >= 11 is 1.62. The van der Waals surface area contributed by atoms with Crippen molar-refractivity contribution in [3.63, 3.8) is 0 Å². The van der Waals surface area contributed by atoms with Gasteiger partial charge in [0.05, 0.1) is 17.1 Å². The second-order valence-electron chi connectivity index (χ2n) is 5.14. The van der Waals surface area contributed by atoms with Gasteiger partial charge in [0.1, 0.15) is 11.3 Å². The summed E-state index contributed by atoms with van der Waals surface area (Å²) in [5.74, 6) is -0.384. The Morgan fingerprint density at radius 1 is 1.30 bits per heavy atom. The second-order valence-corrected chi connectivity index (χ2v) is 6.09. The van der Waals surface area contributed by atoms with Crippen LogP contribution in [-0.2, 0) is 20.6 Å². The van der Waals surface area contributed by atoms with Crippen molar-refractivity contribution in [3.05, 3.63) is 63.5 Å². The summed E-state index contributed by atoms with van der Waals surface area (Å²) in [6.07, 6.45) is 1.62. The minimum Gasteiger partial charge on any atom is -0.346 e. The molecule has 0 aromatic carbocycles. The van der Waals surface area contributed by atoms with Crippen LogP contribution in [0.5, 0.6) is 0 Å². The van der Waals surface area contributed by atoms with E-state index in [4.69, 9.17) is 0 Å². The molecule has 0 aliphatic heterocycles. The molecule has 0 atom stereocenters. The van der Waals surface area contributed by atoms with E-state index in [0.29, 0.717) is 6.54 Å². The molecule has 0 spiro atoms. The van der Waals surface area contributed by atoms with E-state index < -0.39 is 0 Å². The minimum absolute atomic E-state index is 0.135. The zero-order valence-corrected chi connectivity index (χ0v) is 13.6. The van der Waals surface area contributed by atoms with Crippen LogP contribution in [0.1, 0.15) is 16.1 Å². The number of hydrogen-bond acceptors (Lipinski definition) is 4. The van der Waals surface area contributed by atoms with Gasteiger partial charge in [0, 0.05) is 20.3 Å². The number of nitrogens with zero attached hydrogens (tertiary/aromatic N) is 3. The second kappa shape index (κ2) is 6.21. The maximum atomic E-state index is 12.2. The van der Waals surface area contributed by atoms with Crippen molar-refractivity contribution in [1.29, 1.82) is 0 Å². The molecule has 3 aromatic rings. The number of pyridine rings is 1. The summed E-state index contributed by atoms with van der Waals surface area (Å²) in [6, 6.07) is 9.12. The standard InChI is InChI=1S/C16H16N4O2S/c1-19-7-3-5-12(16(19)22)15(21)17-10-11-9-13(18-20(11)2)14-6-4-8-23-14/h3-9H,10H2,1-2H3,(H,17,21). The zero-order chi connectivity index (χ0) is 16.4. The van der Waals surface area contributed by atoms with Gasteiger partial charge >= 0.3 is 0 Å². The van der Waals surface area contributed by atoms with Crippen LogP contribution in [0.25, 0.3) is 10.6 Å². The topological polar surface area (TPSA) is 68.9 Å². The van der Waals surface area contributed by atoms with Crippen LogP contribution in [0.3, 0.4) is 0 Å². The Balaban J connectivity index is 1.75. The van der Waals surface area contributed by atoms with Gasteiger partial charge in [-0.2, -0.15) is 5.10 Å². The number of aryl methyl sites for hydroxylation is 2. The van der Waals surface area contributed by atoms with Gasteiger partial charge in [-0.15, -0.1) is 11.3 Å². The number of nitrogens with one attached hydrogen (secondary N) is 1. The SMILES string of the molecule is Cn1nc(-c2cccs2)cc1CNC(=O)c1cccn(C)c1=O. The summed E-state index contributed by atoms with van der Waals surface area (Å²) in [7, 11) is 3.45. The smallest absolute Gasteiger partial charge is 0.263 e. The van der Waals surface area contributed by atoms with Crippen molar-refractivity contribution < 1.29 is 4.79 Å². The number of rotatable bonds is 4. The largest absolute Gasteiger partial charge is 0.346 e. The van der Waals surface area contributed by atoms with Crippen molar-refractivity contribution in [2.45, 2.75) is 6.54 Å². The van der Waals surface area contributed by atoms with Crippen molar-refractivity contribution in [3.8, 4) is 10.6 Å². The van der Waals surface area contributed by atoms with Gasteiger partial charge < -0.3 is 9.88 Å².